The van der Waals surface area contributed by atoms with Crippen LogP contribution < -0.4 is 10.6 Å². The molecule has 1 saturated carbocycles. The van der Waals surface area contributed by atoms with Crippen LogP contribution in [-0.2, 0) is 4.79 Å². The normalized spacial score (nSPS) is 17.4. The summed E-state index contributed by atoms with van der Waals surface area (Å²) < 4.78 is 0. The highest BCUT2D eigenvalue weighted by Gasteiger charge is 2.24. The number of benzene rings is 1. The van der Waals surface area contributed by atoms with E-state index in [9.17, 15) is 4.79 Å². The highest BCUT2D eigenvalue weighted by molar-refractivity contribution is 5.75. The van der Waals surface area contributed by atoms with Gasteiger partial charge in [0.2, 0.25) is 5.91 Å². The summed E-state index contributed by atoms with van der Waals surface area (Å²) in [6, 6.07) is 11.1. The van der Waals surface area contributed by atoms with E-state index in [4.69, 9.17) is 0 Å². The van der Waals surface area contributed by atoms with E-state index < -0.39 is 0 Å². The molecule has 0 heterocycles. The Balaban J connectivity index is 1.94. The van der Waals surface area contributed by atoms with Gasteiger partial charge in [0, 0.05) is 25.6 Å². The average Bonchev–Trinajstić information content (AvgIpc) is 2.53. The molecule has 1 fully saturated rings. The van der Waals surface area contributed by atoms with Crippen LogP contribution in [0, 0.1) is 5.92 Å². The lowest BCUT2D eigenvalue weighted by atomic mass is 9.81. The van der Waals surface area contributed by atoms with Crippen LogP contribution in [0.3, 0.4) is 0 Å². The van der Waals surface area contributed by atoms with E-state index in [1.54, 1.807) is 0 Å². The van der Waals surface area contributed by atoms with E-state index in [1.807, 2.05) is 6.92 Å². The van der Waals surface area contributed by atoms with Crippen LogP contribution in [0.15, 0.2) is 30.3 Å². The maximum Gasteiger partial charge on any atom is 0.221 e. The van der Waals surface area contributed by atoms with Gasteiger partial charge in [0.05, 0.1) is 0 Å². The van der Waals surface area contributed by atoms with Gasteiger partial charge < -0.3 is 10.6 Å². The second-order valence-corrected chi connectivity index (χ2v) is 5.94. The van der Waals surface area contributed by atoms with Crippen LogP contribution in [-0.4, -0.2) is 19.0 Å². The van der Waals surface area contributed by atoms with Crippen LogP contribution in [0.5, 0.6) is 0 Å². The second-order valence-electron chi connectivity index (χ2n) is 5.94. The Morgan fingerprint density at radius 3 is 2.57 bits per heavy atom. The van der Waals surface area contributed by atoms with Crippen molar-refractivity contribution < 1.29 is 4.79 Å². The van der Waals surface area contributed by atoms with Crippen molar-refractivity contribution in [3.8, 4) is 0 Å². The minimum Gasteiger partial charge on any atom is -0.356 e. The highest BCUT2D eigenvalue weighted by Crippen LogP contribution is 2.34. The number of hydrogen-bond acceptors (Lipinski definition) is 2. The molecule has 1 aliphatic carbocycles. The van der Waals surface area contributed by atoms with Crippen molar-refractivity contribution >= 4 is 5.91 Å². The number of amides is 1. The zero-order chi connectivity index (χ0) is 14.9. The van der Waals surface area contributed by atoms with Crippen LogP contribution in [0.25, 0.3) is 0 Å². The number of nitrogens with one attached hydrogen (secondary N) is 2. The first kappa shape index (κ1) is 16.0. The summed E-state index contributed by atoms with van der Waals surface area (Å²) >= 11 is 0. The predicted molar refractivity (Wildman–Crippen MR) is 87.1 cm³/mol. The fourth-order valence-electron chi connectivity index (χ4n) is 3.31. The molecule has 1 unspecified atom stereocenters. The molecule has 0 bridgehead atoms. The Morgan fingerprint density at radius 2 is 1.90 bits per heavy atom. The summed E-state index contributed by atoms with van der Waals surface area (Å²) in [5, 5.41) is 6.49. The van der Waals surface area contributed by atoms with Gasteiger partial charge in [-0.15, -0.1) is 0 Å². The van der Waals surface area contributed by atoms with Crippen molar-refractivity contribution in [3.63, 3.8) is 0 Å². The van der Waals surface area contributed by atoms with Gasteiger partial charge in [-0.2, -0.15) is 0 Å². The van der Waals surface area contributed by atoms with E-state index in [0.29, 0.717) is 24.9 Å². The smallest absolute Gasteiger partial charge is 0.221 e. The Morgan fingerprint density at radius 1 is 1.19 bits per heavy atom. The zero-order valence-electron chi connectivity index (χ0n) is 13.1. The first-order valence-corrected chi connectivity index (χ1v) is 8.36. The number of hydrogen-bond donors (Lipinski definition) is 2. The summed E-state index contributed by atoms with van der Waals surface area (Å²) in [4.78, 5) is 11.6. The largest absolute Gasteiger partial charge is 0.356 e. The minimum absolute atomic E-state index is 0.139. The first-order chi connectivity index (χ1) is 10.3. The summed E-state index contributed by atoms with van der Waals surface area (Å²) in [5.41, 5.74) is 1.36. The number of carbonyl (C=O) groups excluding carboxylic acids is 1. The molecule has 1 aliphatic rings. The quantitative estimate of drug-likeness (QED) is 0.807. The lowest BCUT2D eigenvalue weighted by molar-refractivity contribution is -0.120. The molecule has 2 N–H and O–H groups in total. The van der Waals surface area contributed by atoms with E-state index in [1.165, 1.54) is 37.7 Å². The molecule has 3 nitrogen and oxygen atoms in total. The van der Waals surface area contributed by atoms with Crippen molar-refractivity contribution in [2.45, 2.75) is 51.5 Å². The SMILES string of the molecule is CCNC(=O)CCNC(c1ccccc1)C1CCCCC1. The van der Waals surface area contributed by atoms with Crippen LogP contribution in [0.1, 0.15) is 57.1 Å². The van der Waals surface area contributed by atoms with Gasteiger partial charge >= 0.3 is 0 Å². The van der Waals surface area contributed by atoms with Crippen LogP contribution in [0.2, 0.25) is 0 Å². The molecule has 0 saturated heterocycles. The molecular formula is C18H28N2O. The first-order valence-electron chi connectivity index (χ1n) is 8.36. The Kier molecular flexibility index (Phi) is 6.74. The third kappa shape index (κ3) is 5.16. The molecular weight excluding hydrogens is 260 g/mol. The molecule has 21 heavy (non-hydrogen) atoms. The minimum atomic E-state index is 0.139. The Labute approximate surface area is 128 Å². The molecule has 1 amide bonds. The molecule has 3 heteroatoms. The molecule has 1 atom stereocenters. The standard InChI is InChI=1S/C18H28N2O/c1-2-19-17(21)13-14-20-18(15-9-5-3-6-10-15)16-11-7-4-8-12-16/h3,5-6,9-10,16,18,20H,2,4,7-8,11-14H2,1H3,(H,19,21). The topological polar surface area (TPSA) is 41.1 Å². The highest BCUT2D eigenvalue weighted by atomic mass is 16.1. The molecule has 1 aromatic carbocycles. The molecule has 1 aromatic rings. The van der Waals surface area contributed by atoms with E-state index in [0.717, 1.165) is 6.54 Å². The molecule has 0 radical (unpaired) electrons. The van der Waals surface area contributed by atoms with Gasteiger partial charge in [-0.05, 0) is 31.2 Å². The molecule has 0 aromatic heterocycles. The van der Waals surface area contributed by atoms with Gasteiger partial charge in [0.15, 0.2) is 0 Å². The second kappa shape index (κ2) is 8.83. The van der Waals surface area contributed by atoms with E-state index in [-0.39, 0.29) is 5.91 Å². The van der Waals surface area contributed by atoms with Crippen molar-refractivity contribution in [1.29, 1.82) is 0 Å². The monoisotopic (exact) mass is 288 g/mol. The van der Waals surface area contributed by atoms with Crippen molar-refractivity contribution in [3.05, 3.63) is 35.9 Å². The van der Waals surface area contributed by atoms with E-state index >= 15 is 0 Å². The third-order valence-electron chi connectivity index (χ3n) is 4.37. The van der Waals surface area contributed by atoms with Crippen LogP contribution >= 0.6 is 0 Å². The Bertz CT molecular complexity index is 412. The summed E-state index contributed by atoms with van der Waals surface area (Å²) in [7, 11) is 0. The molecule has 2 rings (SSSR count). The third-order valence-corrected chi connectivity index (χ3v) is 4.37. The summed E-state index contributed by atoms with van der Waals surface area (Å²) in [5.74, 6) is 0.843. The summed E-state index contributed by atoms with van der Waals surface area (Å²) in [6.45, 7) is 3.42. The van der Waals surface area contributed by atoms with Crippen molar-refractivity contribution in [2.24, 2.45) is 5.92 Å². The summed E-state index contributed by atoms with van der Waals surface area (Å²) in [6.07, 6.45) is 7.21. The van der Waals surface area contributed by atoms with Crippen molar-refractivity contribution in [1.82, 2.24) is 10.6 Å². The average molecular weight is 288 g/mol. The number of carbonyl (C=O) groups is 1. The molecule has 116 valence electrons. The van der Waals surface area contributed by atoms with Gasteiger partial charge in [0.1, 0.15) is 0 Å². The maximum atomic E-state index is 11.6. The lowest BCUT2D eigenvalue weighted by Crippen LogP contribution is -2.33. The Hall–Kier alpha value is -1.35. The van der Waals surface area contributed by atoms with Gasteiger partial charge in [-0.1, -0.05) is 49.6 Å². The van der Waals surface area contributed by atoms with Gasteiger partial charge in [-0.3, -0.25) is 4.79 Å². The predicted octanol–water partition coefficient (Wildman–Crippen LogP) is 3.42. The van der Waals surface area contributed by atoms with Crippen LogP contribution in [0.4, 0.5) is 0 Å². The molecule has 0 aliphatic heterocycles. The van der Waals surface area contributed by atoms with E-state index in [2.05, 4.69) is 41.0 Å². The number of rotatable bonds is 7. The fourth-order valence-corrected chi connectivity index (χ4v) is 3.31. The van der Waals surface area contributed by atoms with Gasteiger partial charge in [-0.25, -0.2) is 0 Å². The fraction of sp³-hybridized carbons (Fsp3) is 0.611. The van der Waals surface area contributed by atoms with Gasteiger partial charge in [0.25, 0.3) is 0 Å². The maximum absolute atomic E-state index is 11.6. The zero-order valence-corrected chi connectivity index (χ0v) is 13.1. The van der Waals surface area contributed by atoms with Crippen molar-refractivity contribution in [2.75, 3.05) is 13.1 Å². The molecule has 0 spiro atoms. The lowest BCUT2D eigenvalue weighted by Gasteiger charge is -2.31.